The van der Waals surface area contributed by atoms with Crippen molar-refractivity contribution < 1.29 is 8.78 Å². The first kappa shape index (κ1) is 17.2. The number of rotatable bonds is 3. The van der Waals surface area contributed by atoms with Crippen LogP contribution in [0.25, 0.3) is 0 Å². The van der Waals surface area contributed by atoms with Gasteiger partial charge in [0.15, 0.2) is 0 Å². The molecule has 2 fully saturated rings. The van der Waals surface area contributed by atoms with Crippen molar-refractivity contribution in [1.82, 2.24) is 14.9 Å². The summed E-state index contributed by atoms with van der Waals surface area (Å²) in [5.41, 5.74) is 9.21. The fraction of sp³-hybridized carbons (Fsp3) is 0.524. The predicted octanol–water partition coefficient (Wildman–Crippen LogP) is 3.61. The first-order chi connectivity index (χ1) is 13.1. The van der Waals surface area contributed by atoms with Gasteiger partial charge in [0.25, 0.3) is 0 Å². The zero-order valence-electron chi connectivity index (χ0n) is 15.2. The zero-order valence-corrected chi connectivity index (χ0v) is 15.2. The number of aromatic nitrogens is 2. The van der Waals surface area contributed by atoms with Crippen LogP contribution in [0.2, 0.25) is 0 Å². The fourth-order valence-electron chi connectivity index (χ4n) is 4.69. The molecule has 1 aromatic heterocycles. The molecule has 6 heteroatoms. The molecule has 142 valence electrons. The quantitative estimate of drug-likeness (QED) is 0.897. The van der Waals surface area contributed by atoms with E-state index in [0.717, 1.165) is 49.9 Å². The Balaban J connectivity index is 1.28. The van der Waals surface area contributed by atoms with Crippen LogP contribution in [-0.2, 0) is 13.1 Å². The van der Waals surface area contributed by atoms with Crippen molar-refractivity contribution in [2.24, 2.45) is 5.73 Å². The minimum absolute atomic E-state index is 0.122. The summed E-state index contributed by atoms with van der Waals surface area (Å²) in [6, 6.07) is 3.86. The van der Waals surface area contributed by atoms with Gasteiger partial charge in [-0.1, -0.05) is 0 Å². The van der Waals surface area contributed by atoms with Gasteiger partial charge in [0.05, 0.1) is 5.69 Å². The van der Waals surface area contributed by atoms with Gasteiger partial charge in [0.1, 0.15) is 17.5 Å². The molecule has 1 aliphatic heterocycles. The van der Waals surface area contributed by atoms with Crippen molar-refractivity contribution in [3.8, 4) is 0 Å². The van der Waals surface area contributed by atoms with Crippen LogP contribution in [0.3, 0.4) is 0 Å². The van der Waals surface area contributed by atoms with Crippen LogP contribution in [0.15, 0.2) is 24.4 Å². The number of nitrogens with zero attached hydrogens (tertiary/aromatic N) is 3. The highest BCUT2D eigenvalue weighted by Crippen LogP contribution is 2.40. The van der Waals surface area contributed by atoms with E-state index in [2.05, 4.69) is 9.88 Å². The summed E-state index contributed by atoms with van der Waals surface area (Å²) < 4.78 is 27.7. The monoisotopic (exact) mass is 370 g/mol. The molecule has 2 aliphatic carbocycles. The van der Waals surface area contributed by atoms with Crippen molar-refractivity contribution in [3.63, 3.8) is 0 Å². The normalized spacial score (nSPS) is 28.3. The van der Waals surface area contributed by atoms with Crippen LogP contribution < -0.4 is 5.73 Å². The Kier molecular flexibility index (Phi) is 4.20. The van der Waals surface area contributed by atoms with E-state index in [4.69, 9.17) is 10.7 Å². The molecule has 2 saturated carbocycles. The van der Waals surface area contributed by atoms with Crippen LogP contribution in [-0.4, -0.2) is 27.0 Å². The van der Waals surface area contributed by atoms with E-state index in [0.29, 0.717) is 17.5 Å². The van der Waals surface area contributed by atoms with Crippen molar-refractivity contribution in [2.75, 3.05) is 0 Å². The summed E-state index contributed by atoms with van der Waals surface area (Å²) in [6.07, 6.45) is 6.90. The Hall–Kier alpha value is -1.92. The Morgan fingerprint density at radius 1 is 1.07 bits per heavy atom. The van der Waals surface area contributed by atoms with E-state index in [9.17, 15) is 8.78 Å². The van der Waals surface area contributed by atoms with Crippen molar-refractivity contribution in [3.05, 3.63) is 58.7 Å². The van der Waals surface area contributed by atoms with Gasteiger partial charge in [-0.25, -0.2) is 18.7 Å². The van der Waals surface area contributed by atoms with E-state index in [-0.39, 0.29) is 17.8 Å². The van der Waals surface area contributed by atoms with E-state index < -0.39 is 5.82 Å². The summed E-state index contributed by atoms with van der Waals surface area (Å²) in [5.74, 6) is 0.683. The highest BCUT2D eigenvalue weighted by molar-refractivity contribution is 5.27. The second-order valence-electron chi connectivity index (χ2n) is 8.28. The molecule has 0 radical (unpaired) electrons. The lowest BCUT2D eigenvalue weighted by Gasteiger charge is -2.38. The van der Waals surface area contributed by atoms with Crippen LogP contribution >= 0.6 is 0 Å². The van der Waals surface area contributed by atoms with Crippen LogP contribution in [0.1, 0.15) is 66.6 Å². The van der Waals surface area contributed by atoms with Gasteiger partial charge in [0, 0.05) is 48.8 Å². The lowest BCUT2D eigenvalue weighted by atomic mass is 9.77. The summed E-state index contributed by atoms with van der Waals surface area (Å²) in [6.45, 7) is 1.70. The van der Waals surface area contributed by atoms with Crippen LogP contribution in [0.5, 0.6) is 0 Å². The van der Waals surface area contributed by atoms with Gasteiger partial charge in [0.2, 0.25) is 0 Å². The number of hydrogen-bond acceptors (Lipinski definition) is 4. The molecule has 3 atom stereocenters. The second-order valence-corrected chi connectivity index (χ2v) is 8.28. The Morgan fingerprint density at radius 2 is 1.93 bits per heavy atom. The van der Waals surface area contributed by atoms with E-state index in [1.54, 1.807) is 0 Å². The van der Waals surface area contributed by atoms with Gasteiger partial charge in [-0.3, -0.25) is 4.90 Å². The first-order valence-electron chi connectivity index (χ1n) is 9.87. The van der Waals surface area contributed by atoms with Crippen LogP contribution in [0, 0.1) is 11.6 Å². The molecule has 0 amide bonds. The third-order valence-corrected chi connectivity index (χ3v) is 6.39. The molecule has 2 N–H and O–H groups in total. The predicted molar refractivity (Wildman–Crippen MR) is 98.0 cm³/mol. The number of nitrogens with two attached hydrogens (primary N) is 1. The van der Waals surface area contributed by atoms with Crippen molar-refractivity contribution in [2.45, 2.75) is 69.1 Å². The van der Waals surface area contributed by atoms with Gasteiger partial charge < -0.3 is 5.73 Å². The molecule has 5 rings (SSSR count). The molecule has 1 aromatic carbocycles. The largest absolute Gasteiger partial charge is 0.327 e. The summed E-state index contributed by atoms with van der Waals surface area (Å²) in [4.78, 5) is 11.7. The van der Waals surface area contributed by atoms with Gasteiger partial charge in [-0.15, -0.1) is 0 Å². The summed E-state index contributed by atoms with van der Waals surface area (Å²) in [7, 11) is 0. The molecule has 3 unspecified atom stereocenters. The number of fused-ring (bicyclic) bond motifs is 1. The third kappa shape index (κ3) is 3.25. The third-order valence-electron chi connectivity index (χ3n) is 6.39. The molecule has 2 aromatic rings. The molecular formula is C21H24F2N4. The molecule has 4 nitrogen and oxygen atoms in total. The average Bonchev–Trinajstić information content (AvgIpc) is 3.42. The molecule has 0 bridgehead atoms. The maximum atomic E-state index is 14.2. The van der Waals surface area contributed by atoms with Crippen molar-refractivity contribution in [1.29, 1.82) is 0 Å². The Labute approximate surface area is 157 Å². The Morgan fingerprint density at radius 3 is 2.70 bits per heavy atom. The van der Waals surface area contributed by atoms with Gasteiger partial charge >= 0.3 is 0 Å². The maximum Gasteiger partial charge on any atom is 0.131 e. The fourth-order valence-corrected chi connectivity index (χ4v) is 4.69. The highest BCUT2D eigenvalue weighted by Gasteiger charge is 2.36. The van der Waals surface area contributed by atoms with Gasteiger partial charge in [-0.05, 0) is 55.9 Å². The smallest absolute Gasteiger partial charge is 0.131 e. The number of benzene rings is 1. The van der Waals surface area contributed by atoms with E-state index >= 15 is 0 Å². The van der Waals surface area contributed by atoms with Gasteiger partial charge in [-0.2, -0.15) is 0 Å². The SMILES string of the molecule is NC1CC(N2Cc3cnc(C4CC4)nc3C2)CCC1c1cc(F)ccc1F. The molecule has 0 saturated heterocycles. The number of halogens is 2. The summed E-state index contributed by atoms with van der Waals surface area (Å²) in [5, 5.41) is 0. The lowest BCUT2D eigenvalue weighted by Crippen LogP contribution is -2.44. The highest BCUT2D eigenvalue weighted by atomic mass is 19.1. The second kappa shape index (κ2) is 6.60. The van der Waals surface area contributed by atoms with Crippen LogP contribution in [0.4, 0.5) is 8.78 Å². The standard InChI is InChI=1S/C21H24F2N4/c22-14-3-6-18(23)17(7-14)16-5-4-15(8-19(16)24)27-10-13-9-25-21(12-1-2-12)26-20(13)11-27/h3,6-7,9,12,15-16,19H,1-2,4-5,8,10-11,24H2. The minimum Gasteiger partial charge on any atom is -0.327 e. The average molecular weight is 370 g/mol. The van der Waals surface area contributed by atoms with E-state index in [1.165, 1.54) is 30.5 Å². The minimum atomic E-state index is -0.402. The molecule has 3 aliphatic rings. The lowest BCUT2D eigenvalue weighted by molar-refractivity contribution is 0.137. The number of hydrogen-bond donors (Lipinski definition) is 1. The van der Waals surface area contributed by atoms with E-state index in [1.807, 2.05) is 6.20 Å². The molecule has 27 heavy (non-hydrogen) atoms. The molecular weight excluding hydrogens is 346 g/mol. The maximum absolute atomic E-state index is 14.2. The first-order valence-corrected chi connectivity index (χ1v) is 9.87. The Bertz CT molecular complexity index is 867. The summed E-state index contributed by atoms with van der Waals surface area (Å²) >= 11 is 0. The topological polar surface area (TPSA) is 55.0 Å². The zero-order chi connectivity index (χ0) is 18.5. The molecule has 2 heterocycles. The van der Waals surface area contributed by atoms with Crippen molar-refractivity contribution >= 4 is 0 Å². The molecule has 0 spiro atoms.